The van der Waals surface area contributed by atoms with Gasteiger partial charge in [-0.15, -0.1) is 0 Å². The van der Waals surface area contributed by atoms with Crippen molar-refractivity contribution < 1.29 is 19.1 Å². The Bertz CT molecular complexity index is 505. The molecule has 0 heterocycles. The molecule has 5 nitrogen and oxygen atoms in total. The maximum absolute atomic E-state index is 13.6. The lowest BCUT2D eigenvalue weighted by Gasteiger charge is -2.20. The number of rotatable bonds is 5. The monoisotopic (exact) mass is 282 g/mol. The summed E-state index contributed by atoms with van der Waals surface area (Å²) < 4.78 is 13.6. The van der Waals surface area contributed by atoms with Gasteiger partial charge in [0.2, 0.25) is 0 Å². The van der Waals surface area contributed by atoms with Crippen LogP contribution in [0.25, 0.3) is 0 Å². The second-order valence-electron chi connectivity index (χ2n) is 4.74. The Labute approximate surface area is 117 Å². The Balaban J connectivity index is 2.83. The van der Waals surface area contributed by atoms with Crippen molar-refractivity contribution in [2.75, 3.05) is 5.32 Å². The predicted molar refractivity (Wildman–Crippen MR) is 74.4 cm³/mol. The highest BCUT2D eigenvalue weighted by atomic mass is 19.1. The van der Waals surface area contributed by atoms with Crippen molar-refractivity contribution in [3.8, 4) is 0 Å². The van der Waals surface area contributed by atoms with E-state index >= 15 is 0 Å². The zero-order valence-electron chi connectivity index (χ0n) is 11.7. The minimum atomic E-state index is -1.30. The maximum atomic E-state index is 13.6. The summed E-state index contributed by atoms with van der Waals surface area (Å²) in [6.45, 7) is 5.82. The number of aromatic carboxylic acids is 1. The van der Waals surface area contributed by atoms with Gasteiger partial charge in [-0.2, -0.15) is 0 Å². The van der Waals surface area contributed by atoms with Gasteiger partial charge in [0.1, 0.15) is 5.82 Å². The molecule has 0 fully saturated rings. The summed E-state index contributed by atoms with van der Waals surface area (Å²) in [7, 11) is 0. The summed E-state index contributed by atoms with van der Waals surface area (Å²) in [6, 6.07) is 2.90. The zero-order chi connectivity index (χ0) is 15.3. The van der Waals surface area contributed by atoms with Crippen LogP contribution in [-0.2, 0) is 0 Å². The first kappa shape index (κ1) is 15.9. The third-order valence-electron chi connectivity index (χ3n) is 3.34. The largest absolute Gasteiger partial charge is 0.478 e. The van der Waals surface area contributed by atoms with Crippen molar-refractivity contribution in [1.82, 2.24) is 5.32 Å². The summed E-state index contributed by atoms with van der Waals surface area (Å²) in [5.41, 5.74) is -0.606. The molecule has 1 rings (SSSR count). The molecule has 20 heavy (non-hydrogen) atoms. The van der Waals surface area contributed by atoms with Gasteiger partial charge in [0.05, 0.1) is 11.3 Å². The number of nitrogens with one attached hydrogen (secondary N) is 2. The summed E-state index contributed by atoms with van der Waals surface area (Å²) >= 11 is 0. The molecule has 0 aliphatic heterocycles. The third kappa shape index (κ3) is 3.94. The van der Waals surface area contributed by atoms with Gasteiger partial charge >= 0.3 is 12.0 Å². The molecule has 0 saturated heterocycles. The van der Waals surface area contributed by atoms with Crippen LogP contribution in [0.3, 0.4) is 0 Å². The molecule has 2 unspecified atom stereocenters. The number of benzene rings is 1. The van der Waals surface area contributed by atoms with E-state index in [0.717, 1.165) is 12.5 Å². The highest BCUT2D eigenvalue weighted by Crippen LogP contribution is 2.20. The molecule has 0 aliphatic carbocycles. The van der Waals surface area contributed by atoms with E-state index in [0.29, 0.717) is 0 Å². The second kappa shape index (κ2) is 6.88. The number of carboxylic acid groups (broad SMARTS) is 1. The maximum Gasteiger partial charge on any atom is 0.337 e. The standard InChI is InChI=1S/C14H19FN2O3/c1-4-8(2)9(3)16-14(20)17-12-10(13(18)19)6-5-7-11(12)15/h5-9H,4H2,1-3H3,(H,18,19)(H2,16,17,20). The van der Waals surface area contributed by atoms with Crippen LogP contribution in [0.2, 0.25) is 0 Å². The van der Waals surface area contributed by atoms with Gasteiger partial charge in [-0.1, -0.05) is 26.3 Å². The van der Waals surface area contributed by atoms with Crippen LogP contribution in [0.15, 0.2) is 18.2 Å². The smallest absolute Gasteiger partial charge is 0.337 e. The first-order valence-corrected chi connectivity index (χ1v) is 6.46. The highest BCUT2D eigenvalue weighted by molar-refractivity contribution is 6.00. The van der Waals surface area contributed by atoms with E-state index in [4.69, 9.17) is 5.11 Å². The lowest BCUT2D eigenvalue weighted by atomic mass is 10.0. The normalized spacial score (nSPS) is 13.4. The molecule has 1 aromatic carbocycles. The summed E-state index contributed by atoms with van der Waals surface area (Å²) in [4.78, 5) is 22.8. The number of carbonyl (C=O) groups is 2. The molecule has 6 heteroatoms. The van der Waals surface area contributed by atoms with Crippen molar-refractivity contribution in [1.29, 1.82) is 0 Å². The quantitative estimate of drug-likeness (QED) is 0.776. The molecule has 0 aliphatic rings. The number of para-hydroxylation sites is 1. The summed E-state index contributed by atoms with van der Waals surface area (Å²) in [6.07, 6.45) is 0.890. The van der Waals surface area contributed by atoms with Gasteiger partial charge in [0, 0.05) is 6.04 Å². The molecular formula is C14H19FN2O3. The lowest BCUT2D eigenvalue weighted by Crippen LogP contribution is -2.40. The Morgan fingerprint density at radius 3 is 2.55 bits per heavy atom. The third-order valence-corrected chi connectivity index (χ3v) is 3.34. The molecule has 3 N–H and O–H groups in total. The number of amides is 2. The summed E-state index contributed by atoms with van der Waals surface area (Å²) in [5, 5.41) is 13.9. The number of anilines is 1. The van der Waals surface area contributed by atoms with E-state index in [1.807, 2.05) is 20.8 Å². The van der Waals surface area contributed by atoms with Gasteiger partial charge in [-0.25, -0.2) is 14.0 Å². The van der Waals surface area contributed by atoms with Crippen molar-refractivity contribution in [2.45, 2.75) is 33.2 Å². The summed E-state index contributed by atoms with van der Waals surface area (Å²) in [5.74, 6) is -1.81. The van der Waals surface area contributed by atoms with Crippen LogP contribution < -0.4 is 10.6 Å². The van der Waals surface area contributed by atoms with Crippen molar-refractivity contribution >= 4 is 17.7 Å². The number of hydrogen-bond donors (Lipinski definition) is 3. The predicted octanol–water partition coefficient (Wildman–Crippen LogP) is 3.08. The minimum Gasteiger partial charge on any atom is -0.478 e. The minimum absolute atomic E-state index is 0.0972. The van der Waals surface area contributed by atoms with E-state index in [2.05, 4.69) is 10.6 Å². The van der Waals surface area contributed by atoms with Crippen molar-refractivity contribution in [2.24, 2.45) is 5.92 Å². The fraction of sp³-hybridized carbons (Fsp3) is 0.429. The number of urea groups is 1. The van der Waals surface area contributed by atoms with Crippen LogP contribution in [0.4, 0.5) is 14.9 Å². The molecule has 0 aromatic heterocycles. The number of carboxylic acids is 1. The number of halogens is 1. The van der Waals surface area contributed by atoms with Gasteiger partial charge in [-0.05, 0) is 25.0 Å². The van der Waals surface area contributed by atoms with Crippen molar-refractivity contribution in [3.05, 3.63) is 29.6 Å². The average molecular weight is 282 g/mol. The van der Waals surface area contributed by atoms with Gasteiger partial charge < -0.3 is 15.7 Å². The first-order valence-electron chi connectivity index (χ1n) is 6.46. The SMILES string of the molecule is CCC(C)C(C)NC(=O)Nc1c(F)cccc1C(=O)O. The molecular weight excluding hydrogens is 263 g/mol. The lowest BCUT2D eigenvalue weighted by molar-refractivity contribution is 0.0697. The molecule has 0 spiro atoms. The van der Waals surface area contributed by atoms with Gasteiger partial charge in [0.25, 0.3) is 0 Å². The van der Waals surface area contributed by atoms with Crippen LogP contribution >= 0.6 is 0 Å². The van der Waals surface area contributed by atoms with Gasteiger partial charge in [-0.3, -0.25) is 0 Å². The zero-order valence-corrected chi connectivity index (χ0v) is 11.7. The number of hydrogen-bond acceptors (Lipinski definition) is 2. The molecule has 1 aromatic rings. The van der Waals surface area contributed by atoms with Crippen LogP contribution in [0.1, 0.15) is 37.6 Å². The Kier molecular flexibility index (Phi) is 5.49. The Morgan fingerprint density at radius 1 is 1.35 bits per heavy atom. The molecule has 110 valence electrons. The Morgan fingerprint density at radius 2 is 2.00 bits per heavy atom. The molecule has 0 saturated carbocycles. The van der Waals surface area contributed by atoms with Crippen LogP contribution in [-0.4, -0.2) is 23.1 Å². The first-order chi connectivity index (χ1) is 9.36. The Hall–Kier alpha value is -2.11. The number of carbonyl (C=O) groups excluding carboxylic acids is 1. The molecule has 2 amide bonds. The van der Waals surface area contributed by atoms with Crippen molar-refractivity contribution in [3.63, 3.8) is 0 Å². The molecule has 0 bridgehead atoms. The molecule has 2 atom stereocenters. The van der Waals surface area contributed by atoms with Crippen LogP contribution in [0.5, 0.6) is 0 Å². The molecule has 0 radical (unpaired) electrons. The van der Waals surface area contributed by atoms with E-state index in [9.17, 15) is 14.0 Å². The second-order valence-corrected chi connectivity index (χ2v) is 4.74. The topological polar surface area (TPSA) is 78.4 Å². The highest BCUT2D eigenvalue weighted by Gasteiger charge is 2.18. The van der Waals surface area contributed by atoms with E-state index in [-0.39, 0.29) is 23.2 Å². The average Bonchev–Trinajstić information content (AvgIpc) is 2.39. The fourth-order valence-electron chi connectivity index (χ4n) is 1.68. The van der Waals surface area contributed by atoms with Crippen LogP contribution in [0, 0.1) is 11.7 Å². The van der Waals surface area contributed by atoms with E-state index in [1.165, 1.54) is 12.1 Å². The van der Waals surface area contributed by atoms with E-state index in [1.54, 1.807) is 0 Å². The van der Waals surface area contributed by atoms with Gasteiger partial charge in [0.15, 0.2) is 0 Å². The fourth-order valence-corrected chi connectivity index (χ4v) is 1.68. The van der Waals surface area contributed by atoms with E-state index < -0.39 is 17.8 Å².